The molecular formula is C21H19ClF2N4OS. The van der Waals surface area contributed by atoms with Crippen LogP contribution in [0.3, 0.4) is 0 Å². The molecule has 0 saturated heterocycles. The molecule has 30 heavy (non-hydrogen) atoms. The Morgan fingerprint density at radius 2 is 1.93 bits per heavy atom. The van der Waals surface area contributed by atoms with Crippen LogP contribution in [0.25, 0.3) is 10.2 Å². The summed E-state index contributed by atoms with van der Waals surface area (Å²) in [5.41, 5.74) is 0.977. The predicted octanol–water partition coefficient (Wildman–Crippen LogP) is 4.86. The van der Waals surface area contributed by atoms with Gasteiger partial charge in [0.2, 0.25) is 5.91 Å². The monoisotopic (exact) mass is 448 g/mol. The molecule has 0 radical (unpaired) electrons. The van der Waals surface area contributed by atoms with E-state index in [0.717, 1.165) is 0 Å². The van der Waals surface area contributed by atoms with Gasteiger partial charge in [0.25, 0.3) is 0 Å². The van der Waals surface area contributed by atoms with Crippen LogP contribution >= 0.6 is 23.7 Å². The third-order valence-electron chi connectivity index (χ3n) is 4.52. The Hall–Kier alpha value is -2.84. The molecule has 0 fully saturated rings. The number of nitrogens with zero attached hydrogens (tertiary/aromatic N) is 4. The van der Waals surface area contributed by atoms with Crippen LogP contribution in [0.15, 0.2) is 61.2 Å². The van der Waals surface area contributed by atoms with Gasteiger partial charge in [-0.05, 0) is 36.2 Å². The van der Waals surface area contributed by atoms with Crippen molar-refractivity contribution < 1.29 is 13.6 Å². The topological polar surface area (TPSA) is 51.0 Å². The zero-order chi connectivity index (χ0) is 20.2. The molecule has 0 saturated carbocycles. The summed E-state index contributed by atoms with van der Waals surface area (Å²) in [6.07, 6.45) is 6.08. The van der Waals surface area contributed by atoms with Crippen molar-refractivity contribution in [1.82, 2.24) is 14.5 Å². The van der Waals surface area contributed by atoms with Gasteiger partial charge < -0.3 is 4.57 Å². The first kappa shape index (κ1) is 21.9. The molecule has 4 rings (SSSR count). The molecule has 2 aromatic carbocycles. The number of thiazole rings is 1. The van der Waals surface area contributed by atoms with E-state index in [9.17, 15) is 13.6 Å². The summed E-state index contributed by atoms with van der Waals surface area (Å²) >= 11 is 1.28. The highest BCUT2D eigenvalue weighted by Gasteiger charge is 2.21. The van der Waals surface area contributed by atoms with Crippen molar-refractivity contribution in [2.24, 2.45) is 0 Å². The highest BCUT2D eigenvalue weighted by Crippen LogP contribution is 2.30. The molecule has 0 atom stereocenters. The average molecular weight is 449 g/mol. The molecule has 0 aliphatic carbocycles. The SMILES string of the molecule is Cl.O=C(Cc1ccc(F)cc1)N(CCCn1ccnc1)c1nc2c(F)cccc2s1. The number of rotatable bonds is 7. The molecule has 0 aliphatic heterocycles. The second kappa shape index (κ2) is 9.77. The number of fused-ring (bicyclic) bond motifs is 1. The molecule has 9 heteroatoms. The molecule has 2 aromatic heterocycles. The van der Waals surface area contributed by atoms with Gasteiger partial charge >= 0.3 is 0 Å². The second-order valence-corrected chi connectivity index (χ2v) is 7.59. The van der Waals surface area contributed by atoms with E-state index in [1.165, 1.54) is 29.5 Å². The largest absolute Gasteiger partial charge is 0.337 e. The van der Waals surface area contributed by atoms with E-state index < -0.39 is 5.82 Å². The Morgan fingerprint density at radius 1 is 1.13 bits per heavy atom. The van der Waals surface area contributed by atoms with Crippen LogP contribution in [0.5, 0.6) is 0 Å². The maximum Gasteiger partial charge on any atom is 0.233 e. The Bertz CT molecular complexity index is 1120. The van der Waals surface area contributed by atoms with Crippen molar-refractivity contribution in [3.05, 3.63) is 78.4 Å². The highest BCUT2D eigenvalue weighted by molar-refractivity contribution is 7.22. The second-order valence-electron chi connectivity index (χ2n) is 6.59. The maximum atomic E-state index is 14.1. The normalized spacial score (nSPS) is 10.7. The van der Waals surface area contributed by atoms with E-state index in [4.69, 9.17) is 0 Å². The zero-order valence-corrected chi connectivity index (χ0v) is 17.5. The number of aromatic nitrogens is 3. The van der Waals surface area contributed by atoms with Crippen molar-refractivity contribution >= 4 is 45.0 Å². The van der Waals surface area contributed by atoms with Gasteiger partial charge in [0, 0.05) is 25.5 Å². The molecule has 1 amide bonds. The smallest absolute Gasteiger partial charge is 0.233 e. The quantitative estimate of drug-likeness (QED) is 0.405. The number of hydrogen-bond acceptors (Lipinski definition) is 4. The fraction of sp³-hybridized carbons (Fsp3) is 0.190. The zero-order valence-electron chi connectivity index (χ0n) is 15.9. The summed E-state index contributed by atoms with van der Waals surface area (Å²) in [5.74, 6) is -0.920. The average Bonchev–Trinajstić information content (AvgIpc) is 3.37. The minimum atomic E-state index is -0.408. The summed E-state index contributed by atoms with van der Waals surface area (Å²) < 4.78 is 29.9. The molecule has 0 N–H and O–H groups in total. The molecule has 2 heterocycles. The van der Waals surface area contributed by atoms with E-state index in [1.54, 1.807) is 41.7 Å². The lowest BCUT2D eigenvalue weighted by Crippen LogP contribution is -2.33. The first-order valence-electron chi connectivity index (χ1n) is 9.16. The standard InChI is InChI=1S/C21H18F2N4OS.ClH/c22-16-7-5-15(6-8-16)13-19(28)27(11-2-10-26-12-9-24-14-26)21-25-20-17(23)3-1-4-18(20)29-21;/h1,3-9,12,14H,2,10-11,13H2;1H. The van der Waals surface area contributed by atoms with Crippen LogP contribution in [0.1, 0.15) is 12.0 Å². The number of anilines is 1. The minimum Gasteiger partial charge on any atom is -0.337 e. The first-order chi connectivity index (χ1) is 14.1. The predicted molar refractivity (Wildman–Crippen MR) is 116 cm³/mol. The van der Waals surface area contributed by atoms with Gasteiger partial charge in [-0.15, -0.1) is 12.4 Å². The van der Waals surface area contributed by atoms with Crippen LogP contribution < -0.4 is 4.90 Å². The minimum absolute atomic E-state index is 0. The lowest BCUT2D eigenvalue weighted by molar-refractivity contribution is -0.118. The van der Waals surface area contributed by atoms with Crippen molar-refractivity contribution in [1.29, 1.82) is 0 Å². The number of aryl methyl sites for hydroxylation is 1. The number of amides is 1. The van der Waals surface area contributed by atoms with Crippen molar-refractivity contribution in [3.63, 3.8) is 0 Å². The number of carbonyl (C=O) groups excluding carboxylic acids is 1. The van der Waals surface area contributed by atoms with Crippen LogP contribution in [-0.2, 0) is 17.8 Å². The fourth-order valence-corrected chi connectivity index (χ4v) is 4.07. The van der Waals surface area contributed by atoms with E-state index >= 15 is 0 Å². The molecule has 5 nitrogen and oxygen atoms in total. The van der Waals surface area contributed by atoms with E-state index in [1.807, 2.05) is 10.8 Å². The van der Waals surface area contributed by atoms with Gasteiger partial charge in [-0.3, -0.25) is 9.69 Å². The number of imidazole rings is 1. The summed E-state index contributed by atoms with van der Waals surface area (Å²) in [7, 11) is 0. The summed E-state index contributed by atoms with van der Waals surface area (Å²) in [5, 5.41) is 0.461. The number of benzene rings is 2. The molecular weight excluding hydrogens is 430 g/mol. The third kappa shape index (κ3) is 5.01. The van der Waals surface area contributed by atoms with Gasteiger partial charge in [-0.25, -0.2) is 18.7 Å². The van der Waals surface area contributed by atoms with Gasteiger partial charge in [0.05, 0.1) is 17.4 Å². The Balaban J connectivity index is 0.00000256. The van der Waals surface area contributed by atoms with Crippen molar-refractivity contribution in [2.45, 2.75) is 19.4 Å². The van der Waals surface area contributed by atoms with Gasteiger partial charge in [0.15, 0.2) is 5.13 Å². The Morgan fingerprint density at radius 3 is 2.63 bits per heavy atom. The molecule has 0 aliphatic rings. The number of hydrogen-bond donors (Lipinski definition) is 0. The van der Waals surface area contributed by atoms with Crippen LogP contribution in [0, 0.1) is 11.6 Å². The van der Waals surface area contributed by atoms with Crippen LogP contribution in [0.4, 0.5) is 13.9 Å². The van der Waals surface area contributed by atoms with E-state index in [2.05, 4.69) is 9.97 Å². The molecule has 156 valence electrons. The Labute approximate surface area is 182 Å². The fourth-order valence-electron chi connectivity index (χ4n) is 3.05. The van der Waals surface area contributed by atoms with E-state index in [0.29, 0.717) is 34.9 Å². The first-order valence-corrected chi connectivity index (χ1v) is 9.97. The lowest BCUT2D eigenvalue weighted by Gasteiger charge is -2.20. The van der Waals surface area contributed by atoms with Gasteiger partial charge in [-0.2, -0.15) is 0 Å². The summed E-state index contributed by atoms with van der Waals surface area (Å²) in [4.78, 5) is 23.0. The Kier molecular flexibility index (Phi) is 7.12. The molecule has 0 bridgehead atoms. The lowest BCUT2D eigenvalue weighted by atomic mass is 10.1. The summed E-state index contributed by atoms with van der Waals surface area (Å²) in [6, 6.07) is 10.6. The third-order valence-corrected chi connectivity index (χ3v) is 5.56. The number of para-hydroxylation sites is 1. The maximum absolute atomic E-state index is 14.1. The summed E-state index contributed by atoms with van der Waals surface area (Å²) in [6.45, 7) is 1.12. The van der Waals surface area contributed by atoms with Crippen molar-refractivity contribution in [2.75, 3.05) is 11.4 Å². The van der Waals surface area contributed by atoms with Gasteiger partial charge in [0.1, 0.15) is 17.2 Å². The highest BCUT2D eigenvalue weighted by atomic mass is 35.5. The number of carbonyl (C=O) groups is 1. The molecule has 0 spiro atoms. The molecule has 4 aromatic rings. The number of halogens is 3. The van der Waals surface area contributed by atoms with Crippen molar-refractivity contribution in [3.8, 4) is 0 Å². The van der Waals surface area contributed by atoms with Crippen LogP contribution in [-0.4, -0.2) is 27.0 Å². The van der Waals surface area contributed by atoms with Crippen LogP contribution in [0.2, 0.25) is 0 Å². The van der Waals surface area contributed by atoms with E-state index in [-0.39, 0.29) is 36.1 Å². The molecule has 0 unspecified atom stereocenters. The van der Waals surface area contributed by atoms with Gasteiger partial charge in [-0.1, -0.05) is 29.5 Å².